The van der Waals surface area contributed by atoms with Gasteiger partial charge in [0, 0.05) is 27.4 Å². The van der Waals surface area contributed by atoms with Crippen molar-refractivity contribution in [2.24, 2.45) is 11.8 Å². The maximum absolute atomic E-state index is 13.4. The molecule has 0 aliphatic rings. The molecule has 0 aliphatic heterocycles. The highest BCUT2D eigenvalue weighted by Crippen LogP contribution is 2.50. The van der Waals surface area contributed by atoms with Gasteiger partial charge in [0.1, 0.15) is 0 Å². The van der Waals surface area contributed by atoms with Gasteiger partial charge < -0.3 is 18.5 Å². The zero-order valence-electron chi connectivity index (χ0n) is 19.2. The average Bonchev–Trinajstić information content (AvgIpc) is 2.71. The lowest BCUT2D eigenvalue weighted by molar-refractivity contribution is 0.117. The van der Waals surface area contributed by atoms with Crippen molar-refractivity contribution < 1.29 is 23.1 Å². The second-order valence-electron chi connectivity index (χ2n) is 7.86. The Morgan fingerprint density at radius 2 is 1.11 bits per heavy atom. The van der Waals surface area contributed by atoms with Gasteiger partial charge >= 0.3 is 7.60 Å². The van der Waals surface area contributed by atoms with Gasteiger partial charge in [-0.15, -0.1) is 0 Å². The molecule has 0 saturated carbocycles. The van der Waals surface area contributed by atoms with Crippen LogP contribution in [0.5, 0.6) is 0 Å². The second-order valence-corrected chi connectivity index (χ2v) is 10.0. The van der Waals surface area contributed by atoms with Gasteiger partial charge in [0.2, 0.25) is 0 Å². The molecule has 0 amide bonds. The van der Waals surface area contributed by atoms with E-state index in [0.717, 1.165) is 64.2 Å². The summed E-state index contributed by atoms with van der Waals surface area (Å²) in [4.78, 5) is 0. The first-order chi connectivity index (χ1) is 13.5. The summed E-state index contributed by atoms with van der Waals surface area (Å²) in [5, 5.41) is 0. The van der Waals surface area contributed by atoms with Crippen molar-refractivity contribution in [2.45, 2.75) is 85.0 Å². The van der Waals surface area contributed by atoms with Crippen LogP contribution >= 0.6 is 7.60 Å². The molecule has 0 aromatic heterocycles. The summed E-state index contributed by atoms with van der Waals surface area (Å²) in [5.74, 6) is 0.755. The minimum absolute atomic E-state index is 0.378. The van der Waals surface area contributed by atoms with E-state index in [1.165, 1.54) is 0 Å². The summed E-state index contributed by atoms with van der Waals surface area (Å²) < 4.78 is 35.8. The third-order valence-electron chi connectivity index (χ3n) is 5.19. The summed E-state index contributed by atoms with van der Waals surface area (Å²) in [6.07, 6.45) is 11.1. The van der Waals surface area contributed by atoms with E-state index in [1.807, 2.05) is 0 Å². The minimum atomic E-state index is -3.05. The van der Waals surface area contributed by atoms with Gasteiger partial charge in [-0.05, 0) is 43.9 Å². The summed E-state index contributed by atoms with van der Waals surface area (Å²) in [6.45, 7) is 8.93. The predicted octanol–water partition coefficient (Wildman–Crippen LogP) is 6.70. The Morgan fingerprint density at radius 1 is 0.679 bits per heavy atom. The van der Waals surface area contributed by atoms with Crippen LogP contribution < -0.4 is 0 Å². The first-order valence-electron chi connectivity index (χ1n) is 11.4. The van der Waals surface area contributed by atoms with E-state index in [9.17, 15) is 4.57 Å². The van der Waals surface area contributed by atoms with E-state index < -0.39 is 7.60 Å². The highest BCUT2D eigenvalue weighted by molar-refractivity contribution is 7.53. The first-order valence-corrected chi connectivity index (χ1v) is 13.1. The Labute approximate surface area is 174 Å². The van der Waals surface area contributed by atoms with Crippen LogP contribution in [0.4, 0.5) is 0 Å². The molecule has 0 aromatic carbocycles. The number of hydrogen-bond acceptors (Lipinski definition) is 5. The SMILES string of the molecule is CCCCC(CCOC)COP(=O)(CCCC)OCC(CCCC)CCOC. The molecule has 0 fully saturated rings. The maximum atomic E-state index is 13.4. The third kappa shape index (κ3) is 15.0. The molecule has 0 N–H and O–H groups in total. The van der Waals surface area contributed by atoms with Gasteiger partial charge in [-0.1, -0.05) is 52.9 Å². The highest BCUT2D eigenvalue weighted by atomic mass is 31.2. The maximum Gasteiger partial charge on any atom is 0.330 e. The smallest absolute Gasteiger partial charge is 0.330 e. The molecule has 0 radical (unpaired) electrons. The lowest BCUT2D eigenvalue weighted by Crippen LogP contribution is -2.16. The quantitative estimate of drug-likeness (QED) is 0.193. The fourth-order valence-electron chi connectivity index (χ4n) is 3.13. The molecule has 0 rings (SSSR count). The molecule has 2 atom stereocenters. The Morgan fingerprint density at radius 3 is 1.46 bits per heavy atom. The van der Waals surface area contributed by atoms with E-state index in [-0.39, 0.29) is 0 Å². The predicted molar refractivity (Wildman–Crippen MR) is 118 cm³/mol. The standard InChI is InChI=1S/C22H47O5P/c1-6-9-12-21(14-16-24-4)19-26-28(23,18-11-8-3)27-20-22(13-10-7-2)15-17-25-5/h21-22H,6-20H2,1-5H3. The molecule has 6 heteroatoms. The fourth-order valence-corrected chi connectivity index (χ4v) is 5.04. The van der Waals surface area contributed by atoms with Crippen LogP contribution in [0, 0.1) is 11.8 Å². The molecule has 170 valence electrons. The van der Waals surface area contributed by atoms with Crippen LogP contribution in [0.2, 0.25) is 0 Å². The molecule has 0 aromatic rings. The molecule has 0 spiro atoms. The van der Waals surface area contributed by atoms with Crippen molar-refractivity contribution in [1.82, 2.24) is 0 Å². The molecule has 28 heavy (non-hydrogen) atoms. The molecular weight excluding hydrogens is 375 g/mol. The monoisotopic (exact) mass is 422 g/mol. The van der Waals surface area contributed by atoms with E-state index in [0.29, 0.717) is 44.4 Å². The van der Waals surface area contributed by atoms with Crippen LogP contribution in [0.25, 0.3) is 0 Å². The Kier molecular flexibility index (Phi) is 19.1. The lowest BCUT2D eigenvalue weighted by Gasteiger charge is -2.25. The minimum Gasteiger partial charge on any atom is -0.385 e. The number of ether oxygens (including phenoxy) is 2. The van der Waals surface area contributed by atoms with Crippen molar-refractivity contribution >= 4 is 7.60 Å². The van der Waals surface area contributed by atoms with Gasteiger partial charge in [-0.3, -0.25) is 4.57 Å². The summed E-state index contributed by atoms with van der Waals surface area (Å²) >= 11 is 0. The van der Waals surface area contributed by atoms with E-state index in [2.05, 4.69) is 20.8 Å². The molecule has 0 aliphatic carbocycles. The Hall–Kier alpha value is 0.0700. The zero-order valence-corrected chi connectivity index (χ0v) is 20.1. The van der Waals surface area contributed by atoms with Gasteiger partial charge in [0.05, 0.1) is 19.4 Å². The molecule has 2 unspecified atom stereocenters. The lowest BCUT2D eigenvalue weighted by atomic mass is 10.0. The van der Waals surface area contributed by atoms with Crippen LogP contribution in [0.15, 0.2) is 0 Å². The Balaban J connectivity index is 4.78. The summed E-state index contributed by atoms with van der Waals surface area (Å²) in [5.41, 5.74) is 0. The second kappa shape index (κ2) is 19.1. The molecular formula is C22H47O5P. The van der Waals surface area contributed by atoms with Crippen molar-refractivity contribution in [3.8, 4) is 0 Å². The Bertz CT molecular complexity index is 334. The van der Waals surface area contributed by atoms with Crippen LogP contribution in [-0.2, 0) is 23.1 Å². The van der Waals surface area contributed by atoms with Crippen LogP contribution in [0.3, 0.4) is 0 Å². The van der Waals surface area contributed by atoms with Gasteiger partial charge in [0.15, 0.2) is 0 Å². The molecule has 5 nitrogen and oxygen atoms in total. The van der Waals surface area contributed by atoms with E-state index in [1.54, 1.807) is 14.2 Å². The van der Waals surface area contributed by atoms with Crippen molar-refractivity contribution in [3.05, 3.63) is 0 Å². The topological polar surface area (TPSA) is 54.0 Å². The van der Waals surface area contributed by atoms with E-state index in [4.69, 9.17) is 18.5 Å². The third-order valence-corrected chi connectivity index (χ3v) is 7.14. The van der Waals surface area contributed by atoms with Crippen molar-refractivity contribution in [2.75, 3.05) is 46.8 Å². The largest absolute Gasteiger partial charge is 0.385 e. The highest BCUT2D eigenvalue weighted by Gasteiger charge is 2.27. The normalized spacial score (nSPS) is 16.0. The van der Waals surface area contributed by atoms with Crippen LogP contribution in [0.1, 0.15) is 85.0 Å². The number of methoxy groups -OCH3 is 2. The van der Waals surface area contributed by atoms with Crippen molar-refractivity contribution in [3.63, 3.8) is 0 Å². The fraction of sp³-hybridized carbons (Fsp3) is 1.00. The first kappa shape index (κ1) is 28.1. The van der Waals surface area contributed by atoms with Crippen LogP contribution in [-0.4, -0.2) is 46.8 Å². The molecule has 0 heterocycles. The van der Waals surface area contributed by atoms with Gasteiger partial charge in [-0.25, -0.2) is 0 Å². The molecule has 0 saturated heterocycles. The number of rotatable bonds is 21. The average molecular weight is 423 g/mol. The number of hydrogen-bond donors (Lipinski definition) is 0. The molecule has 0 bridgehead atoms. The summed E-state index contributed by atoms with van der Waals surface area (Å²) in [7, 11) is 0.398. The van der Waals surface area contributed by atoms with Crippen molar-refractivity contribution in [1.29, 1.82) is 0 Å². The van der Waals surface area contributed by atoms with Gasteiger partial charge in [0.25, 0.3) is 0 Å². The zero-order chi connectivity index (χ0) is 21.1. The number of unbranched alkanes of at least 4 members (excludes halogenated alkanes) is 3. The summed E-state index contributed by atoms with van der Waals surface area (Å²) in [6, 6.07) is 0. The van der Waals surface area contributed by atoms with E-state index >= 15 is 0 Å². The van der Waals surface area contributed by atoms with Gasteiger partial charge in [-0.2, -0.15) is 0 Å².